The minimum absolute atomic E-state index is 0.0940. The summed E-state index contributed by atoms with van der Waals surface area (Å²) in [6, 6.07) is 7.11. The first-order valence-electron chi connectivity index (χ1n) is 7.81. The van der Waals surface area contributed by atoms with Gasteiger partial charge < -0.3 is 5.11 Å². The zero-order chi connectivity index (χ0) is 17.5. The molecule has 130 valence electrons. The average Bonchev–Trinajstić information content (AvgIpc) is 2.75. The van der Waals surface area contributed by atoms with Crippen molar-refractivity contribution in [2.24, 2.45) is 5.92 Å². The van der Waals surface area contributed by atoms with Gasteiger partial charge in [-0.3, -0.25) is 9.36 Å². The summed E-state index contributed by atoms with van der Waals surface area (Å²) in [5.41, 5.74) is 0.451. The van der Waals surface area contributed by atoms with Crippen LogP contribution in [0.1, 0.15) is 13.8 Å². The second kappa shape index (κ2) is 6.50. The molecule has 2 atom stereocenters. The molecule has 0 amide bonds. The molecule has 0 bridgehead atoms. The van der Waals surface area contributed by atoms with Crippen LogP contribution in [0.25, 0.3) is 10.9 Å². The van der Waals surface area contributed by atoms with Gasteiger partial charge in [0.2, 0.25) is 0 Å². The van der Waals surface area contributed by atoms with Crippen LogP contribution in [0.4, 0.5) is 0 Å². The predicted octanol–water partition coefficient (Wildman–Crippen LogP) is 1.30. The maximum Gasteiger partial charge on any atom is 0.262 e. The Labute approximate surface area is 144 Å². The highest BCUT2D eigenvalue weighted by Crippen LogP contribution is 2.30. The van der Waals surface area contributed by atoms with E-state index in [4.69, 9.17) is 0 Å². The van der Waals surface area contributed by atoms with Crippen LogP contribution in [0, 0.1) is 5.92 Å². The number of thioether (sulfide) groups is 1. The van der Waals surface area contributed by atoms with Crippen LogP contribution >= 0.6 is 11.8 Å². The third-order valence-corrected chi connectivity index (χ3v) is 7.14. The maximum atomic E-state index is 12.8. The van der Waals surface area contributed by atoms with Gasteiger partial charge in [-0.15, -0.1) is 0 Å². The molecular weight excluding hydrogens is 348 g/mol. The molecule has 0 saturated carbocycles. The normalized spacial score (nSPS) is 23.2. The minimum Gasteiger partial charge on any atom is -0.391 e. The Morgan fingerprint density at radius 2 is 2.04 bits per heavy atom. The van der Waals surface area contributed by atoms with Gasteiger partial charge in [-0.2, -0.15) is 0 Å². The third kappa shape index (κ3) is 3.50. The van der Waals surface area contributed by atoms with Crippen LogP contribution in [-0.2, 0) is 16.4 Å². The summed E-state index contributed by atoms with van der Waals surface area (Å²) in [5, 5.41) is 10.5. The Bertz CT molecular complexity index is 921. The smallest absolute Gasteiger partial charge is 0.262 e. The average molecular weight is 368 g/mol. The van der Waals surface area contributed by atoms with Gasteiger partial charge in [-0.25, -0.2) is 13.4 Å². The van der Waals surface area contributed by atoms with Gasteiger partial charge in [-0.05, 0) is 18.1 Å². The number of benzene rings is 1. The van der Waals surface area contributed by atoms with Crippen molar-refractivity contribution < 1.29 is 13.5 Å². The van der Waals surface area contributed by atoms with Gasteiger partial charge in [0, 0.05) is 6.54 Å². The summed E-state index contributed by atoms with van der Waals surface area (Å²) in [5.74, 6) is -0.0854. The first-order valence-corrected chi connectivity index (χ1v) is 10.5. The highest BCUT2D eigenvalue weighted by atomic mass is 32.2. The Balaban J connectivity index is 2.07. The number of nitrogens with zero attached hydrogens (tertiary/aromatic N) is 2. The van der Waals surface area contributed by atoms with Crippen LogP contribution in [0.3, 0.4) is 0 Å². The molecule has 1 saturated heterocycles. The van der Waals surface area contributed by atoms with Gasteiger partial charge in [0.25, 0.3) is 5.56 Å². The number of para-hydroxylation sites is 1. The number of sulfone groups is 1. The van der Waals surface area contributed by atoms with E-state index in [1.807, 2.05) is 19.9 Å². The van der Waals surface area contributed by atoms with Crippen LogP contribution < -0.4 is 5.56 Å². The van der Waals surface area contributed by atoms with Crippen molar-refractivity contribution in [2.75, 3.05) is 11.5 Å². The fourth-order valence-corrected chi connectivity index (χ4v) is 6.40. The molecule has 0 radical (unpaired) electrons. The lowest BCUT2D eigenvalue weighted by atomic mass is 10.2. The van der Waals surface area contributed by atoms with E-state index in [-0.39, 0.29) is 23.0 Å². The van der Waals surface area contributed by atoms with E-state index >= 15 is 0 Å². The lowest BCUT2D eigenvalue weighted by Gasteiger charge is -2.18. The van der Waals surface area contributed by atoms with E-state index < -0.39 is 21.2 Å². The van der Waals surface area contributed by atoms with E-state index in [1.165, 1.54) is 11.8 Å². The van der Waals surface area contributed by atoms with E-state index in [1.54, 1.807) is 22.8 Å². The quantitative estimate of drug-likeness (QED) is 0.819. The molecule has 0 unspecified atom stereocenters. The molecule has 1 aromatic heterocycles. The Morgan fingerprint density at radius 1 is 1.33 bits per heavy atom. The Kier molecular flexibility index (Phi) is 4.72. The van der Waals surface area contributed by atoms with Crippen molar-refractivity contribution in [3.63, 3.8) is 0 Å². The molecule has 1 aliphatic rings. The molecule has 1 N–H and O–H groups in total. The summed E-state index contributed by atoms with van der Waals surface area (Å²) in [6.07, 6.45) is -0.934. The second-order valence-corrected chi connectivity index (χ2v) is 9.88. The monoisotopic (exact) mass is 368 g/mol. The van der Waals surface area contributed by atoms with Crippen LogP contribution in [0.5, 0.6) is 0 Å². The number of aliphatic hydroxyl groups excluding tert-OH is 1. The van der Waals surface area contributed by atoms with Gasteiger partial charge in [0.1, 0.15) is 0 Å². The van der Waals surface area contributed by atoms with Gasteiger partial charge in [0.05, 0.1) is 33.8 Å². The van der Waals surface area contributed by atoms with Crippen molar-refractivity contribution in [1.82, 2.24) is 9.55 Å². The molecule has 1 aromatic carbocycles. The molecule has 8 heteroatoms. The molecule has 24 heavy (non-hydrogen) atoms. The first-order chi connectivity index (χ1) is 11.3. The molecule has 3 rings (SSSR count). The number of aromatic nitrogens is 2. The molecule has 1 fully saturated rings. The topological polar surface area (TPSA) is 89.3 Å². The van der Waals surface area contributed by atoms with E-state index in [2.05, 4.69) is 4.98 Å². The van der Waals surface area contributed by atoms with Crippen molar-refractivity contribution in [1.29, 1.82) is 0 Å². The van der Waals surface area contributed by atoms with E-state index in [9.17, 15) is 18.3 Å². The third-order valence-electron chi connectivity index (χ3n) is 3.90. The predicted molar refractivity (Wildman–Crippen MR) is 95.1 cm³/mol. The van der Waals surface area contributed by atoms with Gasteiger partial charge >= 0.3 is 0 Å². The largest absolute Gasteiger partial charge is 0.391 e. The fourth-order valence-electron chi connectivity index (χ4n) is 2.81. The summed E-state index contributed by atoms with van der Waals surface area (Å²) in [6.45, 7) is 4.50. The molecular formula is C16H20N2O4S2. The number of rotatable bonds is 4. The van der Waals surface area contributed by atoms with Gasteiger partial charge in [-0.1, -0.05) is 37.7 Å². The van der Waals surface area contributed by atoms with Crippen molar-refractivity contribution in [2.45, 2.75) is 36.9 Å². The molecule has 2 aromatic rings. The number of fused-ring (bicyclic) bond motifs is 1. The van der Waals surface area contributed by atoms with Crippen molar-refractivity contribution >= 4 is 32.5 Å². The lowest BCUT2D eigenvalue weighted by molar-refractivity contribution is 0.207. The summed E-state index contributed by atoms with van der Waals surface area (Å²) < 4.78 is 25.0. The molecule has 0 spiro atoms. The van der Waals surface area contributed by atoms with Crippen LogP contribution in [0.15, 0.2) is 34.2 Å². The zero-order valence-corrected chi connectivity index (χ0v) is 15.2. The number of hydrogen-bond acceptors (Lipinski definition) is 6. The maximum absolute atomic E-state index is 12.8. The fraction of sp³-hybridized carbons (Fsp3) is 0.500. The summed E-state index contributed by atoms with van der Waals surface area (Å²) in [4.78, 5) is 17.4. The van der Waals surface area contributed by atoms with Gasteiger partial charge in [0.15, 0.2) is 15.0 Å². The standard InChI is InChI=1S/C16H20N2O4S2/c1-10(2)7-18-15(20)11-5-3-4-6-12(11)17-16(18)23-14-9-24(21,22)8-13(14)19/h3-6,10,13-14,19H,7-9H2,1-2H3/t13-,14-/m1/s1. The number of aliphatic hydroxyl groups is 1. The lowest BCUT2D eigenvalue weighted by Crippen LogP contribution is -2.28. The Hall–Kier alpha value is -1.38. The first kappa shape index (κ1) is 17.4. The summed E-state index contributed by atoms with van der Waals surface area (Å²) in [7, 11) is -3.24. The summed E-state index contributed by atoms with van der Waals surface area (Å²) >= 11 is 1.18. The Morgan fingerprint density at radius 3 is 2.67 bits per heavy atom. The SMILES string of the molecule is CC(C)Cn1c(S[C@@H]2CS(=O)(=O)C[C@H]2O)nc2ccccc2c1=O. The highest BCUT2D eigenvalue weighted by molar-refractivity contribution is 8.01. The van der Waals surface area contributed by atoms with E-state index in [0.717, 1.165) is 0 Å². The molecule has 6 nitrogen and oxygen atoms in total. The molecule has 1 aliphatic heterocycles. The highest BCUT2D eigenvalue weighted by Gasteiger charge is 2.38. The second-order valence-electron chi connectivity index (χ2n) is 6.52. The minimum atomic E-state index is -3.24. The molecule has 2 heterocycles. The van der Waals surface area contributed by atoms with Crippen molar-refractivity contribution in [3.8, 4) is 0 Å². The van der Waals surface area contributed by atoms with Crippen molar-refractivity contribution in [3.05, 3.63) is 34.6 Å². The number of hydrogen-bond donors (Lipinski definition) is 1. The van der Waals surface area contributed by atoms with E-state index in [0.29, 0.717) is 22.6 Å². The van der Waals surface area contributed by atoms with Crippen LogP contribution in [0.2, 0.25) is 0 Å². The zero-order valence-electron chi connectivity index (χ0n) is 13.5. The molecule has 0 aliphatic carbocycles. The van der Waals surface area contributed by atoms with Crippen LogP contribution in [-0.4, -0.2) is 45.9 Å².